The molecule has 0 aliphatic rings. The second-order valence-electron chi connectivity index (χ2n) is 9.68. The molecule has 1 N–H and O–H groups in total. The van der Waals surface area contributed by atoms with E-state index in [9.17, 15) is 31.2 Å². The average Bonchev–Trinajstić information content (AvgIpc) is 2.96. The SMILES string of the molecule is CCNC(=O)C(CC)N(Cc1cccc(OC)c1)C(=O)CN(c1ccc(Cl)c(C(F)(F)F)c1)S(=O)(=O)c1ccc(C)cc1. The first-order valence-electron chi connectivity index (χ1n) is 13.4. The van der Waals surface area contributed by atoms with Crippen molar-refractivity contribution in [2.24, 2.45) is 0 Å². The Labute approximate surface area is 254 Å². The highest BCUT2D eigenvalue weighted by Gasteiger charge is 2.37. The van der Waals surface area contributed by atoms with Crippen molar-refractivity contribution >= 4 is 39.1 Å². The van der Waals surface area contributed by atoms with Crippen LogP contribution in [-0.2, 0) is 32.3 Å². The molecule has 232 valence electrons. The number of halogens is 4. The molecule has 0 aliphatic heterocycles. The van der Waals surface area contributed by atoms with Gasteiger partial charge in [0.15, 0.2) is 0 Å². The van der Waals surface area contributed by atoms with E-state index in [0.29, 0.717) is 21.7 Å². The Morgan fingerprint density at radius 2 is 1.70 bits per heavy atom. The second-order valence-corrected chi connectivity index (χ2v) is 11.9. The summed E-state index contributed by atoms with van der Waals surface area (Å²) in [6, 6.07) is 14.1. The molecule has 1 atom stereocenters. The normalized spacial score (nSPS) is 12.4. The molecule has 0 radical (unpaired) electrons. The van der Waals surface area contributed by atoms with Crippen molar-refractivity contribution in [3.63, 3.8) is 0 Å². The maximum absolute atomic E-state index is 14.0. The summed E-state index contributed by atoms with van der Waals surface area (Å²) >= 11 is 5.81. The number of anilines is 1. The van der Waals surface area contributed by atoms with Crippen molar-refractivity contribution < 1.29 is 35.9 Å². The summed E-state index contributed by atoms with van der Waals surface area (Å²) in [5.41, 5.74) is -0.331. The molecule has 3 aromatic rings. The maximum Gasteiger partial charge on any atom is 0.417 e. The van der Waals surface area contributed by atoms with E-state index in [0.717, 1.165) is 17.7 Å². The van der Waals surface area contributed by atoms with Crippen LogP contribution in [0.1, 0.15) is 37.0 Å². The second kappa shape index (κ2) is 14.1. The van der Waals surface area contributed by atoms with E-state index in [1.807, 2.05) is 0 Å². The van der Waals surface area contributed by atoms with Gasteiger partial charge in [0.05, 0.1) is 28.3 Å². The van der Waals surface area contributed by atoms with Crippen LogP contribution >= 0.6 is 11.6 Å². The molecule has 0 bridgehead atoms. The minimum Gasteiger partial charge on any atom is -0.497 e. The number of ether oxygens (including phenoxy) is 1. The topological polar surface area (TPSA) is 96.0 Å². The molecule has 0 heterocycles. The molecule has 3 aromatic carbocycles. The van der Waals surface area contributed by atoms with Crippen molar-refractivity contribution in [1.82, 2.24) is 10.2 Å². The van der Waals surface area contributed by atoms with Crippen LogP contribution in [0.25, 0.3) is 0 Å². The van der Waals surface area contributed by atoms with Crippen molar-refractivity contribution in [3.8, 4) is 5.75 Å². The van der Waals surface area contributed by atoms with Gasteiger partial charge >= 0.3 is 6.18 Å². The first-order chi connectivity index (χ1) is 20.2. The number of nitrogens with zero attached hydrogens (tertiary/aromatic N) is 2. The van der Waals surface area contributed by atoms with E-state index in [-0.39, 0.29) is 24.4 Å². The number of amides is 2. The molecule has 13 heteroatoms. The molecule has 0 saturated carbocycles. The number of rotatable bonds is 12. The summed E-state index contributed by atoms with van der Waals surface area (Å²) in [5, 5.41) is 2.06. The number of carbonyl (C=O) groups is 2. The lowest BCUT2D eigenvalue weighted by Crippen LogP contribution is -2.52. The minimum absolute atomic E-state index is 0.0987. The van der Waals surface area contributed by atoms with E-state index in [4.69, 9.17) is 16.3 Å². The Kier molecular flexibility index (Phi) is 11.1. The fraction of sp³-hybridized carbons (Fsp3) is 0.333. The number of carbonyl (C=O) groups excluding carboxylic acids is 2. The summed E-state index contributed by atoms with van der Waals surface area (Å²) in [7, 11) is -3.09. The van der Waals surface area contributed by atoms with Gasteiger partial charge in [0.25, 0.3) is 10.0 Å². The fourth-order valence-electron chi connectivity index (χ4n) is 4.43. The third-order valence-corrected chi connectivity index (χ3v) is 8.77. The fourth-order valence-corrected chi connectivity index (χ4v) is 6.06. The number of benzene rings is 3. The first kappa shape index (κ1) is 33.7. The van der Waals surface area contributed by atoms with Gasteiger partial charge < -0.3 is 15.0 Å². The van der Waals surface area contributed by atoms with Crippen LogP contribution in [0.5, 0.6) is 5.75 Å². The Bertz CT molecular complexity index is 1550. The van der Waals surface area contributed by atoms with E-state index in [2.05, 4.69) is 5.32 Å². The molecule has 0 aliphatic carbocycles. The lowest BCUT2D eigenvalue weighted by Gasteiger charge is -2.33. The molecular formula is C30H33ClF3N3O5S. The lowest BCUT2D eigenvalue weighted by atomic mass is 10.1. The van der Waals surface area contributed by atoms with E-state index < -0.39 is 56.9 Å². The number of hydrogen-bond donors (Lipinski definition) is 1. The average molecular weight is 640 g/mol. The summed E-state index contributed by atoms with van der Waals surface area (Å²) in [6.07, 6.45) is -4.70. The Morgan fingerprint density at radius 3 is 2.28 bits per heavy atom. The highest BCUT2D eigenvalue weighted by molar-refractivity contribution is 7.92. The van der Waals surface area contributed by atoms with Crippen molar-refractivity contribution in [2.45, 2.75) is 50.9 Å². The van der Waals surface area contributed by atoms with Crippen LogP contribution < -0.4 is 14.4 Å². The molecule has 2 amide bonds. The number of aryl methyl sites for hydroxylation is 1. The minimum atomic E-state index is -4.89. The van der Waals surface area contributed by atoms with Crippen molar-refractivity contribution in [1.29, 1.82) is 0 Å². The van der Waals surface area contributed by atoms with Crippen molar-refractivity contribution in [3.05, 3.63) is 88.4 Å². The highest BCUT2D eigenvalue weighted by Crippen LogP contribution is 2.38. The number of hydrogen-bond acceptors (Lipinski definition) is 5. The van der Waals surface area contributed by atoms with Crippen LogP contribution in [0.15, 0.2) is 71.6 Å². The van der Waals surface area contributed by atoms with Gasteiger partial charge in [0.2, 0.25) is 11.8 Å². The standard InChI is InChI=1S/C30H33ClF3N3O5S/c1-5-27(29(39)35-6-2)36(18-21-8-7-9-23(16-21)42-4)28(38)19-37(43(40,41)24-13-10-20(3)11-14-24)22-12-15-26(31)25(17-22)30(32,33)34/h7-17,27H,5-6,18-19H2,1-4H3,(H,35,39). The van der Waals surface area contributed by atoms with Gasteiger partial charge in [-0.2, -0.15) is 13.2 Å². The number of nitrogens with one attached hydrogen (secondary N) is 1. The Morgan fingerprint density at radius 1 is 1.02 bits per heavy atom. The molecule has 8 nitrogen and oxygen atoms in total. The third kappa shape index (κ3) is 8.20. The lowest BCUT2D eigenvalue weighted by molar-refractivity contribution is -0.140. The van der Waals surface area contributed by atoms with Gasteiger partial charge in [-0.1, -0.05) is 48.4 Å². The third-order valence-electron chi connectivity index (χ3n) is 6.66. The van der Waals surface area contributed by atoms with Gasteiger partial charge in [-0.05, 0) is 68.3 Å². The Hall–Kier alpha value is -3.77. The smallest absolute Gasteiger partial charge is 0.417 e. The summed E-state index contributed by atoms with van der Waals surface area (Å²) < 4.78 is 75.0. The molecule has 3 rings (SSSR count). The monoisotopic (exact) mass is 639 g/mol. The Balaban J connectivity index is 2.16. The number of alkyl halides is 3. The predicted octanol–water partition coefficient (Wildman–Crippen LogP) is 5.81. The molecule has 1 unspecified atom stereocenters. The van der Waals surface area contributed by atoms with Crippen LogP contribution in [0, 0.1) is 6.92 Å². The van der Waals surface area contributed by atoms with Crippen LogP contribution in [0.2, 0.25) is 5.02 Å². The van der Waals surface area contributed by atoms with Gasteiger partial charge in [-0.25, -0.2) is 8.42 Å². The molecule has 0 saturated heterocycles. The number of sulfonamides is 1. The molecular weight excluding hydrogens is 607 g/mol. The van der Waals surface area contributed by atoms with Gasteiger partial charge in [0, 0.05) is 13.1 Å². The van der Waals surface area contributed by atoms with Gasteiger partial charge in [-0.3, -0.25) is 13.9 Å². The largest absolute Gasteiger partial charge is 0.497 e. The zero-order chi connectivity index (χ0) is 31.9. The number of likely N-dealkylation sites (N-methyl/N-ethyl adjacent to an activating group) is 1. The van der Waals surface area contributed by atoms with Gasteiger partial charge in [0.1, 0.15) is 18.3 Å². The summed E-state index contributed by atoms with van der Waals surface area (Å²) in [5.74, 6) is -0.763. The molecule has 0 spiro atoms. The van der Waals surface area contributed by atoms with Crippen LogP contribution in [-0.4, -0.2) is 51.4 Å². The maximum atomic E-state index is 14.0. The van der Waals surface area contributed by atoms with Crippen molar-refractivity contribution in [2.75, 3.05) is 24.5 Å². The van der Waals surface area contributed by atoms with E-state index in [1.165, 1.54) is 36.3 Å². The zero-order valence-corrected chi connectivity index (χ0v) is 25.7. The highest BCUT2D eigenvalue weighted by atomic mass is 35.5. The summed E-state index contributed by atoms with van der Waals surface area (Å²) in [4.78, 5) is 28.1. The van der Waals surface area contributed by atoms with Crippen LogP contribution in [0.3, 0.4) is 0 Å². The van der Waals surface area contributed by atoms with Gasteiger partial charge in [-0.15, -0.1) is 0 Å². The van der Waals surface area contributed by atoms with Crippen LogP contribution in [0.4, 0.5) is 18.9 Å². The number of methoxy groups -OCH3 is 1. The van der Waals surface area contributed by atoms with E-state index >= 15 is 0 Å². The van der Waals surface area contributed by atoms with E-state index in [1.54, 1.807) is 45.0 Å². The molecule has 0 aromatic heterocycles. The zero-order valence-electron chi connectivity index (χ0n) is 24.1. The molecule has 43 heavy (non-hydrogen) atoms. The quantitative estimate of drug-likeness (QED) is 0.270. The first-order valence-corrected chi connectivity index (χ1v) is 15.2. The molecule has 0 fully saturated rings. The summed E-state index contributed by atoms with van der Waals surface area (Å²) in [6.45, 7) is 4.45. The predicted molar refractivity (Wildman–Crippen MR) is 158 cm³/mol.